The Balaban J connectivity index is 2.50. The third-order valence-electron chi connectivity index (χ3n) is 1.86. The number of hydrogen-bond donors (Lipinski definition) is 1. The van der Waals surface area contributed by atoms with Crippen molar-refractivity contribution in [2.24, 2.45) is 12.8 Å². The summed E-state index contributed by atoms with van der Waals surface area (Å²) in [7, 11) is 1.72. The Bertz CT molecular complexity index is 292. The van der Waals surface area contributed by atoms with Gasteiger partial charge in [0, 0.05) is 31.9 Å². The van der Waals surface area contributed by atoms with E-state index in [9.17, 15) is 13.2 Å². The summed E-state index contributed by atoms with van der Waals surface area (Å²) in [5.74, 6) is 0.571. The smallest absolute Gasteiger partial charge is 0.338 e. The van der Waals surface area contributed by atoms with E-state index in [0.717, 1.165) is 0 Å². The van der Waals surface area contributed by atoms with Crippen LogP contribution in [0, 0.1) is 0 Å². The quantitative estimate of drug-likeness (QED) is 0.810. The summed E-state index contributed by atoms with van der Waals surface area (Å²) in [6.07, 6.45) is -1.82. The summed E-state index contributed by atoms with van der Waals surface area (Å²) in [6, 6.07) is -0.920. The molecular weight excluding hydrogens is 195 g/mol. The molecule has 0 fully saturated rings. The molecule has 14 heavy (non-hydrogen) atoms. The molecule has 0 aliphatic rings. The predicted molar refractivity (Wildman–Crippen MR) is 45.6 cm³/mol. The van der Waals surface area contributed by atoms with E-state index in [0.29, 0.717) is 5.82 Å². The van der Waals surface area contributed by atoms with Gasteiger partial charge in [0.15, 0.2) is 0 Å². The molecule has 0 saturated carbocycles. The van der Waals surface area contributed by atoms with Crippen LogP contribution < -0.4 is 5.73 Å². The summed E-state index contributed by atoms with van der Waals surface area (Å²) in [6.45, 7) is 0. The van der Waals surface area contributed by atoms with Gasteiger partial charge in [-0.15, -0.1) is 0 Å². The second-order valence-electron chi connectivity index (χ2n) is 3.24. The molecule has 1 unspecified atom stereocenters. The fraction of sp³-hybridized carbons (Fsp3) is 0.625. The van der Waals surface area contributed by atoms with Gasteiger partial charge in [0.05, 0.1) is 6.42 Å². The maximum atomic E-state index is 11.9. The lowest BCUT2D eigenvalue weighted by Crippen LogP contribution is -2.30. The lowest BCUT2D eigenvalue weighted by molar-refractivity contribution is -0.138. The third-order valence-corrected chi connectivity index (χ3v) is 1.86. The molecule has 1 aromatic heterocycles. The molecule has 1 heterocycles. The Labute approximate surface area is 79.7 Å². The van der Waals surface area contributed by atoms with Gasteiger partial charge in [-0.05, 0) is 0 Å². The van der Waals surface area contributed by atoms with Crippen LogP contribution >= 0.6 is 0 Å². The van der Waals surface area contributed by atoms with E-state index in [1.54, 1.807) is 17.8 Å². The van der Waals surface area contributed by atoms with Crippen LogP contribution in [0.25, 0.3) is 0 Å². The van der Waals surface area contributed by atoms with Crippen LogP contribution in [0.3, 0.4) is 0 Å². The number of nitrogens with zero attached hydrogens (tertiary/aromatic N) is 2. The highest BCUT2D eigenvalue weighted by Gasteiger charge is 2.30. The van der Waals surface area contributed by atoms with Crippen LogP contribution in [-0.4, -0.2) is 21.8 Å². The molecule has 0 bridgehead atoms. The second-order valence-corrected chi connectivity index (χ2v) is 3.24. The molecule has 2 N–H and O–H groups in total. The molecule has 1 aromatic rings. The third kappa shape index (κ3) is 3.37. The molecule has 0 saturated heterocycles. The van der Waals surface area contributed by atoms with E-state index in [1.807, 2.05) is 0 Å². The number of halogens is 3. The molecule has 1 atom stereocenters. The SMILES string of the molecule is Cn1ccnc1CC(N)CC(F)(F)F. The standard InChI is InChI=1S/C8H12F3N3/c1-14-3-2-13-7(14)4-6(12)5-8(9,10)11/h2-3,6H,4-5,12H2,1H3. The maximum Gasteiger partial charge on any atom is 0.390 e. The molecule has 80 valence electrons. The molecule has 3 nitrogen and oxygen atoms in total. The average Bonchev–Trinajstić information content (AvgIpc) is 2.32. The minimum Gasteiger partial charge on any atom is -0.338 e. The lowest BCUT2D eigenvalue weighted by Gasteiger charge is -2.13. The fourth-order valence-electron chi connectivity index (χ4n) is 1.20. The Morgan fingerprint density at radius 2 is 2.21 bits per heavy atom. The number of aryl methyl sites for hydroxylation is 1. The highest BCUT2D eigenvalue weighted by Crippen LogP contribution is 2.21. The lowest BCUT2D eigenvalue weighted by atomic mass is 10.1. The first kappa shape index (κ1) is 11.0. The molecular formula is C8H12F3N3. The largest absolute Gasteiger partial charge is 0.390 e. The number of nitrogens with two attached hydrogens (primary N) is 1. The van der Waals surface area contributed by atoms with Gasteiger partial charge in [-0.2, -0.15) is 13.2 Å². The highest BCUT2D eigenvalue weighted by atomic mass is 19.4. The van der Waals surface area contributed by atoms with Crippen LogP contribution in [0.1, 0.15) is 12.2 Å². The van der Waals surface area contributed by atoms with Gasteiger partial charge in [-0.3, -0.25) is 0 Å². The van der Waals surface area contributed by atoms with Gasteiger partial charge in [0.25, 0.3) is 0 Å². The van der Waals surface area contributed by atoms with Crippen molar-refractivity contribution in [3.05, 3.63) is 18.2 Å². The second kappa shape index (κ2) is 4.00. The first-order valence-corrected chi connectivity index (χ1v) is 4.17. The van der Waals surface area contributed by atoms with E-state index >= 15 is 0 Å². The van der Waals surface area contributed by atoms with E-state index in [4.69, 9.17) is 5.73 Å². The number of alkyl halides is 3. The Morgan fingerprint density at radius 3 is 2.64 bits per heavy atom. The zero-order valence-electron chi connectivity index (χ0n) is 7.75. The van der Waals surface area contributed by atoms with E-state index < -0.39 is 18.6 Å². The Morgan fingerprint density at radius 1 is 1.57 bits per heavy atom. The topological polar surface area (TPSA) is 43.8 Å². The molecule has 6 heteroatoms. The average molecular weight is 207 g/mol. The van der Waals surface area contributed by atoms with Gasteiger partial charge in [-0.25, -0.2) is 4.98 Å². The van der Waals surface area contributed by atoms with Crippen molar-refractivity contribution < 1.29 is 13.2 Å². The zero-order chi connectivity index (χ0) is 10.8. The van der Waals surface area contributed by atoms with Gasteiger partial charge >= 0.3 is 6.18 Å². The van der Waals surface area contributed by atoms with Crippen LogP contribution in [0.15, 0.2) is 12.4 Å². The van der Waals surface area contributed by atoms with Gasteiger partial charge in [0.2, 0.25) is 0 Å². The number of imidazole rings is 1. The minimum absolute atomic E-state index is 0.142. The Kier molecular flexibility index (Phi) is 3.15. The molecule has 0 aliphatic carbocycles. The van der Waals surface area contributed by atoms with Gasteiger partial charge in [0.1, 0.15) is 5.82 Å². The van der Waals surface area contributed by atoms with Crippen LogP contribution in [0.4, 0.5) is 13.2 Å². The van der Waals surface area contributed by atoms with Crippen molar-refractivity contribution in [3.8, 4) is 0 Å². The van der Waals surface area contributed by atoms with Crippen molar-refractivity contribution >= 4 is 0 Å². The molecule has 0 aliphatic heterocycles. The normalized spacial score (nSPS) is 14.4. The summed E-state index contributed by atoms with van der Waals surface area (Å²) >= 11 is 0. The van der Waals surface area contributed by atoms with Crippen molar-refractivity contribution in [3.63, 3.8) is 0 Å². The Hall–Kier alpha value is -1.04. The fourth-order valence-corrected chi connectivity index (χ4v) is 1.20. The zero-order valence-corrected chi connectivity index (χ0v) is 7.75. The van der Waals surface area contributed by atoms with Crippen molar-refractivity contribution in [2.45, 2.75) is 25.1 Å². The molecule has 0 amide bonds. The van der Waals surface area contributed by atoms with Crippen LogP contribution in [0.5, 0.6) is 0 Å². The van der Waals surface area contributed by atoms with E-state index in [2.05, 4.69) is 4.98 Å². The van der Waals surface area contributed by atoms with E-state index in [-0.39, 0.29) is 6.42 Å². The molecule has 0 aromatic carbocycles. The predicted octanol–water partition coefficient (Wildman–Crippen LogP) is 1.24. The highest BCUT2D eigenvalue weighted by molar-refractivity contribution is 4.94. The summed E-state index contributed by atoms with van der Waals surface area (Å²) < 4.78 is 37.4. The summed E-state index contributed by atoms with van der Waals surface area (Å²) in [5.41, 5.74) is 5.35. The minimum atomic E-state index is -4.20. The van der Waals surface area contributed by atoms with Gasteiger partial charge < -0.3 is 10.3 Å². The summed E-state index contributed by atoms with van der Waals surface area (Å²) in [4.78, 5) is 3.90. The molecule has 1 rings (SSSR count). The maximum absolute atomic E-state index is 11.9. The number of rotatable bonds is 3. The number of aromatic nitrogens is 2. The molecule has 0 radical (unpaired) electrons. The van der Waals surface area contributed by atoms with Crippen molar-refractivity contribution in [1.29, 1.82) is 0 Å². The van der Waals surface area contributed by atoms with Crippen LogP contribution in [-0.2, 0) is 13.5 Å². The van der Waals surface area contributed by atoms with Crippen molar-refractivity contribution in [2.75, 3.05) is 0 Å². The van der Waals surface area contributed by atoms with Gasteiger partial charge in [-0.1, -0.05) is 0 Å². The van der Waals surface area contributed by atoms with E-state index in [1.165, 1.54) is 6.20 Å². The monoisotopic (exact) mass is 207 g/mol. The number of hydrogen-bond acceptors (Lipinski definition) is 2. The van der Waals surface area contributed by atoms with Crippen molar-refractivity contribution in [1.82, 2.24) is 9.55 Å². The first-order chi connectivity index (χ1) is 6.38. The van der Waals surface area contributed by atoms with Crippen LogP contribution in [0.2, 0.25) is 0 Å². The summed E-state index contributed by atoms with van der Waals surface area (Å²) in [5, 5.41) is 0. The molecule has 0 spiro atoms. The first-order valence-electron chi connectivity index (χ1n) is 4.17.